The van der Waals surface area contributed by atoms with Gasteiger partial charge in [-0.3, -0.25) is 0 Å². The van der Waals surface area contributed by atoms with Crippen LogP contribution in [0.4, 0.5) is 5.95 Å². The molecular weight excluding hydrogens is 282 g/mol. The van der Waals surface area contributed by atoms with Crippen LogP contribution in [0, 0.1) is 0 Å². The van der Waals surface area contributed by atoms with Gasteiger partial charge in [-0.25, -0.2) is 4.98 Å². The van der Waals surface area contributed by atoms with Crippen LogP contribution in [0.25, 0.3) is 0 Å². The second-order valence-corrected chi connectivity index (χ2v) is 5.01. The van der Waals surface area contributed by atoms with E-state index >= 15 is 0 Å². The highest BCUT2D eigenvalue weighted by Crippen LogP contribution is 2.25. The third kappa shape index (κ3) is 3.31. The van der Waals surface area contributed by atoms with E-state index in [9.17, 15) is 0 Å². The van der Waals surface area contributed by atoms with E-state index in [1.807, 2.05) is 6.92 Å². The zero-order valence-corrected chi connectivity index (χ0v) is 11.7. The fourth-order valence-electron chi connectivity index (χ4n) is 2.00. The Balaban J connectivity index is 2.16. The Kier molecular flexibility index (Phi) is 4.59. The molecule has 0 aromatic carbocycles. The van der Waals surface area contributed by atoms with Gasteiger partial charge in [0.2, 0.25) is 11.8 Å². The summed E-state index contributed by atoms with van der Waals surface area (Å²) >= 11 is 3.40. The Morgan fingerprint density at radius 3 is 2.65 bits per heavy atom. The Morgan fingerprint density at radius 2 is 2.00 bits per heavy atom. The van der Waals surface area contributed by atoms with Gasteiger partial charge in [-0.1, -0.05) is 12.8 Å². The zero-order valence-electron chi connectivity index (χ0n) is 10.2. The third-order valence-corrected chi connectivity index (χ3v) is 3.41. The summed E-state index contributed by atoms with van der Waals surface area (Å²) in [6.07, 6.45) is 6.85. The molecule has 1 aromatic rings. The molecule has 0 aliphatic carbocycles. The van der Waals surface area contributed by atoms with Gasteiger partial charge in [0, 0.05) is 13.1 Å². The first kappa shape index (κ1) is 12.6. The monoisotopic (exact) mass is 299 g/mol. The van der Waals surface area contributed by atoms with Crippen molar-refractivity contribution in [3.05, 3.63) is 10.7 Å². The van der Waals surface area contributed by atoms with Crippen LogP contribution in [0.3, 0.4) is 0 Å². The third-order valence-electron chi connectivity index (χ3n) is 2.87. The average Bonchev–Trinajstić information content (AvgIpc) is 2.61. The maximum atomic E-state index is 5.47. The second-order valence-electron chi connectivity index (χ2n) is 4.16. The summed E-state index contributed by atoms with van der Waals surface area (Å²) in [7, 11) is 0. The van der Waals surface area contributed by atoms with Crippen molar-refractivity contribution in [2.45, 2.75) is 32.6 Å². The first-order valence-electron chi connectivity index (χ1n) is 6.21. The average molecular weight is 300 g/mol. The highest BCUT2D eigenvalue weighted by atomic mass is 79.9. The van der Waals surface area contributed by atoms with E-state index in [0.29, 0.717) is 12.5 Å². The van der Waals surface area contributed by atoms with Crippen molar-refractivity contribution in [1.82, 2.24) is 9.97 Å². The zero-order chi connectivity index (χ0) is 12.1. The maximum Gasteiger partial charge on any atom is 0.232 e. The highest BCUT2D eigenvalue weighted by molar-refractivity contribution is 9.10. The molecule has 0 saturated carbocycles. The number of ether oxygens (including phenoxy) is 1. The molecule has 17 heavy (non-hydrogen) atoms. The van der Waals surface area contributed by atoms with Gasteiger partial charge in [0.1, 0.15) is 0 Å². The molecule has 2 heterocycles. The minimum atomic E-state index is 0.620. The van der Waals surface area contributed by atoms with Crippen molar-refractivity contribution in [3.63, 3.8) is 0 Å². The van der Waals surface area contributed by atoms with E-state index in [1.165, 1.54) is 25.7 Å². The quantitative estimate of drug-likeness (QED) is 0.860. The Labute approximate surface area is 111 Å². The lowest BCUT2D eigenvalue weighted by Gasteiger charge is -2.20. The molecule has 94 valence electrons. The lowest BCUT2D eigenvalue weighted by Crippen LogP contribution is -2.26. The topological polar surface area (TPSA) is 38.2 Å². The largest absolute Gasteiger partial charge is 0.477 e. The molecule has 2 rings (SSSR count). The van der Waals surface area contributed by atoms with E-state index < -0.39 is 0 Å². The normalized spacial score (nSPS) is 16.7. The fourth-order valence-corrected chi connectivity index (χ4v) is 2.31. The molecule has 4 nitrogen and oxygen atoms in total. The smallest absolute Gasteiger partial charge is 0.232 e. The Morgan fingerprint density at radius 1 is 1.29 bits per heavy atom. The van der Waals surface area contributed by atoms with Crippen LogP contribution >= 0.6 is 15.9 Å². The molecular formula is C12H18BrN3O. The minimum absolute atomic E-state index is 0.620. The standard InChI is InChI=1S/C12H18BrN3O/c1-2-17-11-10(13)9-14-12(15-11)16-7-5-3-4-6-8-16/h9H,2-8H2,1H3. The number of hydrogen-bond acceptors (Lipinski definition) is 4. The minimum Gasteiger partial charge on any atom is -0.477 e. The summed E-state index contributed by atoms with van der Waals surface area (Å²) < 4.78 is 6.29. The first-order chi connectivity index (χ1) is 8.31. The first-order valence-corrected chi connectivity index (χ1v) is 7.01. The molecule has 1 aliphatic heterocycles. The van der Waals surface area contributed by atoms with E-state index in [0.717, 1.165) is 23.5 Å². The number of rotatable bonds is 3. The molecule has 0 amide bonds. The van der Waals surface area contributed by atoms with Gasteiger partial charge in [0.25, 0.3) is 0 Å². The number of nitrogens with zero attached hydrogens (tertiary/aromatic N) is 3. The summed E-state index contributed by atoms with van der Waals surface area (Å²) in [6, 6.07) is 0. The van der Waals surface area contributed by atoms with Crippen LogP contribution in [0.1, 0.15) is 32.6 Å². The predicted octanol–water partition coefficient (Wildman–Crippen LogP) is 3.02. The van der Waals surface area contributed by atoms with Gasteiger partial charge in [-0.05, 0) is 35.7 Å². The molecule has 1 saturated heterocycles. The van der Waals surface area contributed by atoms with Gasteiger partial charge in [-0.15, -0.1) is 0 Å². The molecule has 0 spiro atoms. The van der Waals surface area contributed by atoms with Crippen LogP contribution in [-0.2, 0) is 0 Å². The number of hydrogen-bond donors (Lipinski definition) is 0. The maximum absolute atomic E-state index is 5.47. The molecule has 0 bridgehead atoms. The van der Waals surface area contributed by atoms with Gasteiger partial charge in [-0.2, -0.15) is 4.98 Å². The van der Waals surface area contributed by atoms with Crippen molar-refractivity contribution in [2.24, 2.45) is 0 Å². The van der Waals surface area contributed by atoms with Crippen LogP contribution in [-0.4, -0.2) is 29.7 Å². The molecule has 1 aliphatic rings. The Hall–Kier alpha value is -0.840. The van der Waals surface area contributed by atoms with Crippen LogP contribution in [0.5, 0.6) is 5.88 Å². The van der Waals surface area contributed by atoms with Gasteiger partial charge < -0.3 is 9.64 Å². The number of anilines is 1. The predicted molar refractivity (Wildman–Crippen MR) is 71.6 cm³/mol. The summed E-state index contributed by atoms with van der Waals surface area (Å²) in [4.78, 5) is 11.1. The molecule has 0 N–H and O–H groups in total. The number of halogens is 1. The van der Waals surface area contributed by atoms with Crippen molar-refractivity contribution < 1.29 is 4.74 Å². The van der Waals surface area contributed by atoms with E-state index in [4.69, 9.17) is 4.74 Å². The van der Waals surface area contributed by atoms with Crippen molar-refractivity contribution in [3.8, 4) is 5.88 Å². The molecule has 0 atom stereocenters. The SMILES string of the molecule is CCOc1nc(N2CCCCCC2)ncc1Br. The van der Waals surface area contributed by atoms with Gasteiger partial charge >= 0.3 is 0 Å². The molecule has 1 fully saturated rings. The Bertz CT molecular complexity index is 365. The molecule has 5 heteroatoms. The second kappa shape index (κ2) is 6.19. The molecule has 0 unspecified atom stereocenters. The summed E-state index contributed by atoms with van der Waals surface area (Å²) in [5, 5.41) is 0. The van der Waals surface area contributed by atoms with Crippen LogP contribution in [0.2, 0.25) is 0 Å². The molecule has 1 aromatic heterocycles. The lowest BCUT2D eigenvalue weighted by molar-refractivity contribution is 0.324. The van der Waals surface area contributed by atoms with E-state index in [2.05, 4.69) is 30.8 Å². The van der Waals surface area contributed by atoms with Gasteiger partial charge in [0.05, 0.1) is 17.3 Å². The van der Waals surface area contributed by atoms with Crippen LogP contribution in [0.15, 0.2) is 10.7 Å². The van der Waals surface area contributed by atoms with Crippen molar-refractivity contribution in [2.75, 3.05) is 24.6 Å². The summed E-state index contributed by atoms with van der Waals surface area (Å²) in [5.41, 5.74) is 0. The molecule has 0 radical (unpaired) electrons. The number of aromatic nitrogens is 2. The lowest BCUT2D eigenvalue weighted by atomic mass is 10.2. The van der Waals surface area contributed by atoms with E-state index in [-0.39, 0.29) is 0 Å². The summed E-state index contributed by atoms with van der Waals surface area (Å²) in [6.45, 7) is 4.68. The van der Waals surface area contributed by atoms with E-state index in [1.54, 1.807) is 6.20 Å². The highest BCUT2D eigenvalue weighted by Gasteiger charge is 2.14. The van der Waals surface area contributed by atoms with Crippen molar-refractivity contribution in [1.29, 1.82) is 0 Å². The van der Waals surface area contributed by atoms with Crippen molar-refractivity contribution >= 4 is 21.9 Å². The summed E-state index contributed by atoms with van der Waals surface area (Å²) in [5.74, 6) is 1.43. The van der Waals surface area contributed by atoms with Gasteiger partial charge in [0.15, 0.2) is 0 Å². The van der Waals surface area contributed by atoms with Crippen LogP contribution < -0.4 is 9.64 Å². The fraction of sp³-hybridized carbons (Fsp3) is 0.667.